The quantitative estimate of drug-likeness (QED) is 0.861. The van der Waals surface area contributed by atoms with Gasteiger partial charge < -0.3 is 10.1 Å². The van der Waals surface area contributed by atoms with E-state index in [9.17, 15) is 0 Å². The molecule has 0 aliphatic carbocycles. The summed E-state index contributed by atoms with van der Waals surface area (Å²) in [6.45, 7) is 6.87. The van der Waals surface area contributed by atoms with E-state index in [4.69, 9.17) is 4.74 Å². The summed E-state index contributed by atoms with van der Waals surface area (Å²) in [7, 11) is 1.75. The van der Waals surface area contributed by atoms with Crippen molar-refractivity contribution in [3.63, 3.8) is 0 Å². The fourth-order valence-electron chi connectivity index (χ4n) is 3.26. The van der Waals surface area contributed by atoms with Gasteiger partial charge in [-0.3, -0.25) is 0 Å². The van der Waals surface area contributed by atoms with Crippen molar-refractivity contribution < 1.29 is 4.74 Å². The van der Waals surface area contributed by atoms with Gasteiger partial charge in [0.05, 0.1) is 7.11 Å². The van der Waals surface area contributed by atoms with Crippen LogP contribution in [-0.4, -0.2) is 13.2 Å². The second-order valence-corrected chi connectivity index (χ2v) is 5.59. The molecule has 2 atom stereocenters. The number of fused-ring (bicyclic) bond motifs is 1. The van der Waals surface area contributed by atoms with Gasteiger partial charge in [-0.25, -0.2) is 0 Å². The first kappa shape index (κ1) is 14.4. The van der Waals surface area contributed by atoms with Crippen molar-refractivity contribution in [1.82, 2.24) is 5.32 Å². The standard InChI is InChI=1S/C17H27NO/c1-5-12(6-2)17-16-11-15(19-4)9-8-13(16)10-14(7-3)18-17/h8-9,11-12,14,17-18H,5-7,10H2,1-4H3. The highest BCUT2D eigenvalue weighted by Gasteiger charge is 2.29. The minimum atomic E-state index is 0.485. The Morgan fingerprint density at radius 3 is 2.58 bits per heavy atom. The van der Waals surface area contributed by atoms with Gasteiger partial charge in [-0.05, 0) is 42.0 Å². The minimum absolute atomic E-state index is 0.485. The van der Waals surface area contributed by atoms with E-state index in [0.29, 0.717) is 18.0 Å². The molecule has 2 unspecified atom stereocenters. The zero-order valence-corrected chi connectivity index (χ0v) is 12.7. The Morgan fingerprint density at radius 2 is 2.00 bits per heavy atom. The molecule has 106 valence electrons. The second kappa shape index (κ2) is 6.42. The number of ether oxygens (including phenoxy) is 1. The highest BCUT2D eigenvalue weighted by Crippen LogP contribution is 2.36. The number of hydrogen-bond donors (Lipinski definition) is 1. The lowest BCUT2D eigenvalue weighted by molar-refractivity contribution is 0.284. The molecule has 0 aromatic heterocycles. The van der Waals surface area contributed by atoms with E-state index in [1.165, 1.54) is 30.4 Å². The van der Waals surface area contributed by atoms with Crippen molar-refractivity contribution in [2.45, 2.75) is 58.5 Å². The van der Waals surface area contributed by atoms with Crippen molar-refractivity contribution in [1.29, 1.82) is 0 Å². The molecule has 1 aliphatic heterocycles. The highest BCUT2D eigenvalue weighted by molar-refractivity contribution is 5.40. The van der Waals surface area contributed by atoms with Crippen molar-refractivity contribution in [2.24, 2.45) is 5.92 Å². The average molecular weight is 261 g/mol. The second-order valence-electron chi connectivity index (χ2n) is 5.59. The van der Waals surface area contributed by atoms with Gasteiger partial charge in [-0.15, -0.1) is 0 Å². The predicted octanol–water partition coefficient (Wildman–Crippen LogP) is 4.10. The first-order valence-corrected chi connectivity index (χ1v) is 7.66. The van der Waals surface area contributed by atoms with Gasteiger partial charge in [0, 0.05) is 12.1 Å². The number of benzene rings is 1. The van der Waals surface area contributed by atoms with Crippen LogP contribution in [0.4, 0.5) is 0 Å². The monoisotopic (exact) mass is 261 g/mol. The van der Waals surface area contributed by atoms with Gasteiger partial charge in [-0.2, -0.15) is 0 Å². The van der Waals surface area contributed by atoms with E-state index in [0.717, 1.165) is 12.2 Å². The third-order valence-electron chi connectivity index (χ3n) is 4.58. The summed E-state index contributed by atoms with van der Waals surface area (Å²) in [5.74, 6) is 1.69. The molecule has 0 radical (unpaired) electrons. The summed E-state index contributed by atoms with van der Waals surface area (Å²) >= 11 is 0. The molecule has 1 aromatic carbocycles. The number of rotatable bonds is 5. The molecule has 0 saturated heterocycles. The first-order chi connectivity index (χ1) is 9.23. The topological polar surface area (TPSA) is 21.3 Å². The van der Waals surface area contributed by atoms with Gasteiger partial charge in [0.2, 0.25) is 0 Å². The molecular formula is C17H27NO. The van der Waals surface area contributed by atoms with Crippen LogP contribution in [0.15, 0.2) is 18.2 Å². The maximum Gasteiger partial charge on any atom is 0.119 e. The Morgan fingerprint density at radius 1 is 1.26 bits per heavy atom. The van der Waals surface area contributed by atoms with Crippen LogP contribution in [0.2, 0.25) is 0 Å². The van der Waals surface area contributed by atoms with Gasteiger partial charge in [-0.1, -0.05) is 39.7 Å². The van der Waals surface area contributed by atoms with Crippen molar-refractivity contribution in [2.75, 3.05) is 7.11 Å². The molecule has 0 amide bonds. The van der Waals surface area contributed by atoms with Crippen LogP contribution in [0.25, 0.3) is 0 Å². The van der Waals surface area contributed by atoms with E-state index < -0.39 is 0 Å². The first-order valence-electron chi connectivity index (χ1n) is 7.66. The summed E-state index contributed by atoms with van der Waals surface area (Å²) < 4.78 is 5.40. The summed E-state index contributed by atoms with van der Waals surface area (Å²) in [6, 6.07) is 7.69. The van der Waals surface area contributed by atoms with E-state index in [2.05, 4.69) is 44.3 Å². The van der Waals surface area contributed by atoms with Crippen LogP contribution in [0, 0.1) is 5.92 Å². The molecule has 0 saturated carbocycles. The van der Waals surface area contributed by atoms with E-state index in [-0.39, 0.29) is 0 Å². The third kappa shape index (κ3) is 2.94. The normalized spacial score (nSPS) is 22.4. The number of hydrogen-bond acceptors (Lipinski definition) is 2. The van der Waals surface area contributed by atoms with Crippen LogP contribution in [0.3, 0.4) is 0 Å². The lowest BCUT2D eigenvalue weighted by atomic mass is 9.81. The predicted molar refractivity (Wildman–Crippen MR) is 80.7 cm³/mol. The van der Waals surface area contributed by atoms with Crippen LogP contribution in [0.5, 0.6) is 5.75 Å². The molecule has 1 heterocycles. The molecule has 0 fully saturated rings. The smallest absolute Gasteiger partial charge is 0.119 e. The van der Waals surface area contributed by atoms with Crippen molar-refractivity contribution >= 4 is 0 Å². The van der Waals surface area contributed by atoms with Crippen molar-refractivity contribution in [3.05, 3.63) is 29.3 Å². The Hall–Kier alpha value is -1.02. The third-order valence-corrected chi connectivity index (χ3v) is 4.58. The summed E-state index contributed by atoms with van der Waals surface area (Å²) in [5.41, 5.74) is 2.96. The van der Waals surface area contributed by atoms with Crippen LogP contribution in [-0.2, 0) is 6.42 Å². The molecule has 0 bridgehead atoms. The van der Waals surface area contributed by atoms with Gasteiger partial charge in [0.1, 0.15) is 5.75 Å². The Bertz CT molecular complexity index is 412. The SMILES string of the molecule is CCC1Cc2ccc(OC)cc2C(C(CC)CC)N1. The molecular weight excluding hydrogens is 234 g/mol. The van der Waals surface area contributed by atoms with Crippen LogP contribution < -0.4 is 10.1 Å². The Kier molecular flexibility index (Phi) is 4.87. The van der Waals surface area contributed by atoms with Gasteiger partial charge >= 0.3 is 0 Å². The maximum atomic E-state index is 5.40. The van der Waals surface area contributed by atoms with Gasteiger partial charge in [0.15, 0.2) is 0 Å². The Balaban J connectivity index is 2.38. The maximum absolute atomic E-state index is 5.40. The molecule has 2 heteroatoms. The fourth-order valence-corrected chi connectivity index (χ4v) is 3.26. The molecule has 19 heavy (non-hydrogen) atoms. The van der Waals surface area contributed by atoms with E-state index in [1.54, 1.807) is 7.11 Å². The summed E-state index contributed by atoms with van der Waals surface area (Å²) in [6.07, 6.45) is 4.79. The fraction of sp³-hybridized carbons (Fsp3) is 0.647. The molecule has 2 nitrogen and oxygen atoms in total. The lowest BCUT2D eigenvalue weighted by Crippen LogP contribution is -2.42. The molecule has 1 aliphatic rings. The largest absolute Gasteiger partial charge is 0.497 e. The van der Waals surface area contributed by atoms with E-state index >= 15 is 0 Å². The molecule has 0 spiro atoms. The Labute approximate surface area is 117 Å². The summed E-state index contributed by atoms with van der Waals surface area (Å²) in [4.78, 5) is 0. The van der Waals surface area contributed by atoms with Crippen molar-refractivity contribution in [3.8, 4) is 5.75 Å². The molecule has 1 aromatic rings. The zero-order valence-electron chi connectivity index (χ0n) is 12.7. The lowest BCUT2D eigenvalue weighted by Gasteiger charge is -2.37. The van der Waals surface area contributed by atoms with Crippen LogP contribution >= 0.6 is 0 Å². The minimum Gasteiger partial charge on any atom is -0.497 e. The van der Waals surface area contributed by atoms with E-state index in [1.807, 2.05) is 0 Å². The van der Waals surface area contributed by atoms with Crippen LogP contribution in [0.1, 0.15) is 57.2 Å². The van der Waals surface area contributed by atoms with Gasteiger partial charge in [0.25, 0.3) is 0 Å². The summed E-state index contributed by atoms with van der Waals surface area (Å²) in [5, 5.41) is 3.86. The number of nitrogens with one attached hydrogen (secondary N) is 1. The molecule has 1 N–H and O–H groups in total. The molecule has 2 rings (SSSR count). The average Bonchev–Trinajstić information content (AvgIpc) is 2.47. The highest BCUT2D eigenvalue weighted by atomic mass is 16.5. The number of methoxy groups -OCH3 is 1. The zero-order chi connectivity index (χ0) is 13.8.